The summed E-state index contributed by atoms with van der Waals surface area (Å²) in [4.78, 5) is -1.83. The fourth-order valence-electron chi connectivity index (χ4n) is 3.00. The minimum atomic E-state index is -4.67. The molecule has 0 saturated heterocycles. The second kappa shape index (κ2) is 9.20. The van der Waals surface area contributed by atoms with E-state index in [1.165, 1.54) is 6.92 Å². The van der Waals surface area contributed by atoms with E-state index in [1.807, 2.05) is 39.0 Å². The molecule has 1 aromatic rings. The van der Waals surface area contributed by atoms with Crippen LogP contribution in [0.2, 0.25) is 0 Å². The van der Waals surface area contributed by atoms with E-state index in [-0.39, 0.29) is 48.2 Å². The second-order valence-corrected chi connectivity index (χ2v) is 9.72. The van der Waals surface area contributed by atoms with Gasteiger partial charge in [0.2, 0.25) is 0 Å². The van der Waals surface area contributed by atoms with E-state index in [1.54, 1.807) is 26.0 Å². The van der Waals surface area contributed by atoms with Crippen molar-refractivity contribution in [1.82, 2.24) is 0 Å². The largest absolute Gasteiger partial charge is 1.00 e. The molecule has 0 radical (unpaired) electrons. The molecule has 1 rings (SSSR count). The Bertz CT molecular complexity index is 623. The Labute approximate surface area is 174 Å². The van der Waals surface area contributed by atoms with Gasteiger partial charge >= 0.3 is 29.6 Å². The van der Waals surface area contributed by atoms with Gasteiger partial charge in [0.05, 0.1) is 6.61 Å². The summed E-state index contributed by atoms with van der Waals surface area (Å²) in [6.45, 7) is 11.1. The molecule has 0 fully saturated rings. The van der Waals surface area contributed by atoms with Gasteiger partial charge in [-0.3, -0.25) is 0 Å². The molecule has 0 aromatic heterocycles. The molecule has 25 heavy (non-hydrogen) atoms. The molecule has 5 nitrogen and oxygen atoms in total. The molecule has 0 aliphatic rings. The van der Waals surface area contributed by atoms with Gasteiger partial charge in [0.15, 0.2) is 4.93 Å². The van der Waals surface area contributed by atoms with E-state index < -0.39 is 20.5 Å². The van der Waals surface area contributed by atoms with Crippen LogP contribution in [0.15, 0.2) is 30.3 Å². The molecule has 1 aromatic carbocycles. The Hall–Kier alpha value is -0.110. The molecule has 0 saturated carbocycles. The zero-order valence-corrected chi connectivity index (χ0v) is 19.3. The average molecular weight is 380 g/mol. The van der Waals surface area contributed by atoms with Crippen LogP contribution < -0.4 is 34.3 Å². The average Bonchev–Trinajstić information content (AvgIpc) is 2.40. The van der Waals surface area contributed by atoms with Crippen LogP contribution in [0.3, 0.4) is 0 Å². The first-order chi connectivity index (χ1) is 10.8. The predicted octanol–water partition coefficient (Wildman–Crippen LogP) is 0.810. The summed E-state index contributed by atoms with van der Waals surface area (Å²) in [5.41, 5.74) is -0.988. The molecule has 1 unspecified atom stereocenters. The van der Waals surface area contributed by atoms with Gasteiger partial charge in [0.25, 0.3) is 0 Å². The van der Waals surface area contributed by atoms with Crippen molar-refractivity contribution in [3.63, 3.8) is 0 Å². The second-order valence-electron chi connectivity index (χ2n) is 8.03. The van der Waals surface area contributed by atoms with E-state index in [0.29, 0.717) is 12.2 Å². The van der Waals surface area contributed by atoms with Gasteiger partial charge < -0.3 is 14.0 Å². The van der Waals surface area contributed by atoms with Crippen LogP contribution in [0.1, 0.15) is 48.0 Å². The van der Waals surface area contributed by atoms with Crippen LogP contribution in [0.4, 0.5) is 0 Å². The molecule has 0 N–H and O–H groups in total. The van der Waals surface area contributed by atoms with Crippen LogP contribution in [-0.4, -0.2) is 31.1 Å². The van der Waals surface area contributed by atoms with Crippen molar-refractivity contribution in [3.05, 3.63) is 30.3 Å². The van der Waals surface area contributed by atoms with Crippen LogP contribution >= 0.6 is 0 Å². The van der Waals surface area contributed by atoms with Crippen LogP contribution in [0.25, 0.3) is 0 Å². The third kappa shape index (κ3) is 7.19. The maximum Gasteiger partial charge on any atom is 1.00 e. The normalized spacial score (nSPS) is 15.2. The SMILES string of the molecule is CC(C)(C)CC(C)(C)C(C)(OCCOc1ccccc1)S(=O)(=O)[O-].[Na+]. The molecule has 1 atom stereocenters. The molecule has 0 heterocycles. The fourth-order valence-corrected chi connectivity index (χ4v) is 3.98. The first-order valence-electron chi connectivity index (χ1n) is 8.06. The molecule has 138 valence electrons. The van der Waals surface area contributed by atoms with Gasteiger partial charge in [-0.15, -0.1) is 0 Å². The van der Waals surface area contributed by atoms with Crippen molar-refractivity contribution in [2.24, 2.45) is 10.8 Å². The Morgan fingerprint density at radius 2 is 1.48 bits per heavy atom. The quantitative estimate of drug-likeness (QED) is 0.379. The van der Waals surface area contributed by atoms with E-state index >= 15 is 0 Å². The van der Waals surface area contributed by atoms with Gasteiger partial charge in [0, 0.05) is 5.41 Å². The van der Waals surface area contributed by atoms with E-state index in [4.69, 9.17) is 9.47 Å². The third-order valence-corrected chi connectivity index (χ3v) is 5.78. The molecule has 7 heteroatoms. The Balaban J connectivity index is 0.00000576. The third-order valence-electron chi connectivity index (χ3n) is 4.15. The number of ether oxygens (including phenoxy) is 2. The zero-order chi connectivity index (χ0) is 18.6. The van der Waals surface area contributed by atoms with Crippen molar-refractivity contribution in [3.8, 4) is 5.75 Å². The minimum Gasteiger partial charge on any atom is -0.746 e. The van der Waals surface area contributed by atoms with Crippen molar-refractivity contribution >= 4 is 10.1 Å². The molecular weight excluding hydrogens is 351 g/mol. The zero-order valence-electron chi connectivity index (χ0n) is 16.5. The molecule has 0 spiro atoms. The summed E-state index contributed by atoms with van der Waals surface area (Å²) in [5, 5.41) is 0. The van der Waals surface area contributed by atoms with Crippen LogP contribution in [-0.2, 0) is 14.9 Å². The Morgan fingerprint density at radius 3 is 1.92 bits per heavy atom. The standard InChI is InChI=1S/C18H30O5S.Na/c1-16(2,3)14-17(4,5)18(6,24(19,20)21)23-13-12-22-15-10-8-7-9-11-15;/h7-11H,12-14H2,1-6H3,(H,19,20,21);/q;+1/p-1. The number of rotatable bonds is 8. The van der Waals surface area contributed by atoms with Crippen molar-refractivity contribution in [1.29, 1.82) is 0 Å². The van der Waals surface area contributed by atoms with Gasteiger partial charge in [-0.1, -0.05) is 52.8 Å². The topological polar surface area (TPSA) is 75.7 Å². The van der Waals surface area contributed by atoms with Crippen molar-refractivity contribution < 1.29 is 52.0 Å². The Kier molecular flexibility index (Phi) is 9.16. The smallest absolute Gasteiger partial charge is 0.746 e. The number of para-hydroxylation sites is 1. The number of hydrogen-bond donors (Lipinski definition) is 0. The van der Waals surface area contributed by atoms with Gasteiger partial charge in [0.1, 0.15) is 22.5 Å². The summed E-state index contributed by atoms with van der Waals surface area (Å²) in [5.74, 6) is 0.668. The number of benzene rings is 1. The summed E-state index contributed by atoms with van der Waals surface area (Å²) < 4.78 is 46.9. The van der Waals surface area contributed by atoms with E-state index in [2.05, 4.69) is 0 Å². The van der Waals surface area contributed by atoms with Crippen molar-refractivity contribution in [2.45, 2.75) is 52.9 Å². The summed E-state index contributed by atoms with van der Waals surface area (Å²) in [7, 11) is -4.67. The van der Waals surface area contributed by atoms with Crippen molar-refractivity contribution in [2.75, 3.05) is 13.2 Å². The molecule has 0 aliphatic heterocycles. The maximum absolute atomic E-state index is 11.9. The summed E-state index contributed by atoms with van der Waals surface area (Å²) in [6, 6.07) is 9.16. The van der Waals surface area contributed by atoms with Gasteiger partial charge in [-0.05, 0) is 30.9 Å². The maximum atomic E-state index is 11.9. The first kappa shape index (κ1) is 24.9. The molecule has 0 bridgehead atoms. The van der Waals surface area contributed by atoms with Gasteiger partial charge in [-0.25, -0.2) is 8.42 Å². The fraction of sp³-hybridized carbons (Fsp3) is 0.667. The monoisotopic (exact) mass is 380 g/mol. The predicted molar refractivity (Wildman–Crippen MR) is 93.8 cm³/mol. The van der Waals surface area contributed by atoms with E-state index in [9.17, 15) is 13.0 Å². The van der Waals surface area contributed by atoms with Gasteiger partial charge in [-0.2, -0.15) is 0 Å². The summed E-state index contributed by atoms with van der Waals surface area (Å²) >= 11 is 0. The Morgan fingerprint density at radius 1 is 0.960 bits per heavy atom. The minimum absolute atomic E-state index is 0. The van der Waals surface area contributed by atoms with Crippen LogP contribution in [0.5, 0.6) is 5.75 Å². The molecular formula is C18H29NaO5S. The number of hydrogen-bond acceptors (Lipinski definition) is 5. The summed E-state index contributed by atoms with van der Waals surface area (Å²) in [6.07, 6.45) is 0.525. The molecule has 0 amide bonds. The molecule has 0 aliphatic carbocycles. The van der Waals surface area contributed by atoms with Crippen LogP contribution in [0, 0.1) is 10.8 Å². The van der Waals surface area contributed by atoms with E-state index in [0.717, 1.165) is 0 Å². The first-order valence-corrected chi connectivity index (χ1v) is 9.47.